The Hall–Kier alpha value is -3.46. The highest BCUT2D eigenvalue weighted by Crippen LogP contribution is 2.42. The number of nitrogens with one attached hydrogen (secondary N) is 4. The number of hydrogen-bond donors (Lipinski definition) is 4. The molecule has 32 heavy (non-hydrogen) atoms. The average molecular weight is 499 g/mol. The van der Waals surface area contributed by atoms with Gasteiger partial charge in [-0.3, -0.25) is 19.8 Å². The zero-order valence-electron chi connectivity index (χ0n) is 17.8. The van der Waals surface area contributed by atoms with Gasteiger partial charge in [0.2, 0.25) is 0 Å². The number of halogens is 1. The molecular weight excluding hydrogens is 476 g/mol. The monoisotopic (exact) mass is 498 g/mol. The molecule has 0 fully saturated rings. The van der Waals surface area contributed by atoms with Gasteiger partial charge in [-0.05, 0) is 53.0 Å². The maximum absolute atomic E-state index is 12.7. The van der Waals surface area contributed by atoms with Crippen molar-refractivity contribution in [1.82, 2.24) is 20.4 Å². The van der Waals surface area contributed by atoms with Crippen LogP contribution in [-0.2, 0) is 6.61 Å². The Kier molecular flexibility index (Phi) is 6.09. The minimum absolute atomic E-state index is 0.285. The van der Waals surface area contributed by atoms with Crippen molar-refractivity contribution in [2.45, 2.75) is 26.4 Å². The summed E-state index contributed by atoms with van der Waals surface area (Å²) in [4.78, 5) is 25.3. The van der Waals surface area contributed by atoms with E-state index >= 15 is 0 Å². The smallest absolute Gasteiger partial charge is 0.268 e. The van der Waals surface area contributed by atoms with E-state index in [2.05, 4.69) is 36.3 Å². The highest BCUT2D eigenvalue weighted by atomic mass is 79.9. The molecule has 0 atom stereocenters. The number of benzene rings is 2. The van der Waals surface area contributed by atoms with Crippen LogP contribution in [0.3, 0.4) is 0 Å². The lowest BCUT2D eigenvalue weighted by Crippen LogP contribution is -2.20. The lowest BCUT2D eigenvalue weighted by Gasteiger charge is -2.20. The number of hydrogen-bond acceptors (Lipinski definition) is 4. The van der Waals surface area contributed by atoms with Crippen LogP contribution in [0.1, 0.15) is 39.6 Å². The molecule has 0 amide bonds. The summed E-state index contributed by atoms with van der Waals surface area (Å²) in [6.07, 6.45) is 0. The first kappa shape index (κ1) is 21.8. The normalized spacial score (nSPS) is 11.2. The molecule has 8 nitrogen and oxygen atoms in total. The van der Waals surface area contributed by atoms with E-state index in [0.717, 1.165) is 5.56 Å². The maximum atomic E-state index is 12.7. The second kappa shape index (κ2) is 8.96. The van der Waals surface area contributed by atoms with Crippen LogP contribution in [0, 0.1) is 13.8 Å². The van der Waals surface area contributed by atoms with E-state index in [1.165, 1.54) is 0 Å². The molecular formula is C23H23BrN4O4. The summed E-state index contributed by atoms with van der Waals surface area (Å²) in [5, 5.41) is 10.9. The van der Waals surface area contributed by atoms with Crippen molar-refractivity contribution in [3.8, 4) is 11.5 Å². The highest BCUT2D eigenvalue weighted by Gasteiger charge is 2.29. The number of methoxy groups -OCH3 is 1. The van der Waals surface area contributed by atoms with Gasteiger partial charge in [0.1, 0.15) is 6.61 Å². The Labute approximate surface area is 192 Å². The van der Waals surface area contributed by atoms with Crippen molar-refractivity contribution in [1.29, 1.82) is 0 Å². The highest BCUT2D eigenvalue weighted by molar-refractivity contribution is 9.10. The van der Waals surface area contributed by atoms with E-state index in [9.17, 15) is 9.59 Å². The number of rotatable bonds is 7. The second-order valence-corrected chi connectivity index (χ2v) is 8.33. The molecule has 4 aromatic rings. The summed E-state index contributed by atoms with van der Waals surface area (Å²) >= 11 is 3.59. The first-order valence-corrected chi connectivity index (χ1v) is 10.8. The molecule has 0 saturated carbocycles. The number of aryl methyl sites for hydroxylation is 2. The number of H-pyrrole nitrogens is 4. The third-order valence-electron chi connectivity index (χ3n) is 5.41. The van der Waals surface area contributed by atoms with Crippen LogP contribution >= 0.6 is 15.9 Å². The molecule has 9 heteroatoms. The van der Waals surface area contributed by atoms with E-state index in [-0.39, 0.29) is 11.1 Å². The van der Waals surface area contributed by atoms with Crippen LogP contribution in [0.5, 0.6) is 11.5 Å². The Morgan fingerprint density at radius 3 is 2.00 bits per heavy atom. The molecule has 0 aliphatic heterocycles. The van der Waals surface area contributed by atoms with Gasteiger partial charge in [-0.15, -0.1) is 0 Å². The fourth-order valence-electron chi connectivity index (χ4n) is 3.86. The summed E-state index contributed by atoms with van der Waals surface area (Å²) in [5.41, 5.74) is 3.39. The van der Waals surface area contributed by atoms with E-state index < -0.39 is 5.92 Å². The molecule has 2 aromatic heterocycles. The number of aromatic nitrogens is 4. The maximum Gasteiger partial charge on any atom is 0.268 e. The Morgan fingerprint density at radius 2 is 1.50 bits per heavy atom. The Balaban J connectivity index is 1.83. The summed E-state index contributed by atoms with van der Waals surface area (Å²) in [5.74, 6) is 0.413. The first-order valence-electron chi connectivity index (χ1n) is 9.99. The molecule has 0 saturated heterocycles. The average Bonchev–Trinajstić information content (AvgIpc) is 3.29. The van der Waals surface area contributed by atoms with Gasteiger partial charge in [0.15, 0.2) is 11.5 Å². The van der Waals surface area contributed by atoms with E-state index in [1.54, 1.807) is 27.0 Å². The van der Waals surface area contributed by atoms with Crippen molar-refractivity contribution in [2.24, 2.45) is 0 Å². The SMILES string of the molecule is COc1cc(C(c2c(C)[nH][nH]c2=O)c2c(C)[nH][nH]c2=O)cc(Br)c1OCc1ccccc1. The van der Waals surface area contributed by atoms with Crippen LogP contribution < -0.4 is 20.6 Å². The van der Waals surface area contributed by atoms with Gasteiger partial charge in [-0.2, -0.15) is 0 Å². The van der Waals surface area contributed by atoms with Gasteiger partial charge in [-0.25, -0.2) is 0 Å². The molecule has 0 bridgehead atoms. The summed E-state index contributed by atoms with van der Waals surface area (Å²) in [6, 6.07) is 13.5. The summed E-state index contributed by atoms with van der Waals surface area (Å²) in [7, 11) is 1.55. The van der Waals surface area contributed by atoms with Gasteiger partial charge in [-0.1, -0.05) is 30.3 Å². The zero-order valence-corrected chi connectivity index (χ0v) is 19.4. The van der Waals surface area contributed by atoms with Crippen LogP contribution in [0.4, 0.5) is 0 Å². The van der Waals surface area contributed by atoms with Gasteiger partial charge in [0.05, 0.1) is 22.7 Å². The molecule has 0 radical (unpaired) electrons. The molecule has 0 aliphatic rings. The van der Waals surface area contributed by atoms with Crippen LogP contribution in [0.2, 0.25) is 0 Å². The summed E-state index contributed by atoms with van der Waals surface area (Å²) in [6.45, 7) is 3.95. The molecule has 2 heterocycles. The van der Waals surface area contributed by atoms with Crippen LogP contribution in [0.15, 0.2) is 56.5 Å². The molecule has 4 N–H and O–H groups in total. The van der Waals surface area contributed by atoms with E-state index in [1.807, 2.05) is 36.4 Å². The first-order chi connectivity index (χ1) is 15.4. The standard InChI is InChI=1S/C23H23BrN4O4/c1-12-18(22(29)27-25-12)20(19-13(2)26-28-23(19)30)15-9-16(24)21(17(10-15)31-3)32-11-14-7-5-4-6-8-14/h4-10,20H,11H2,1-3H3,(H2,25,27,29)(H2,26,28,30). The third-order valence-corrected chi connectivity index (χ3v) is 6.00. The molecule has 0 spiro atoms. The summed E-state index contributed by atoms with van der Waals surface area (Å²) < 4.78 is 12.3. The molecule has 166 valence electrons. The number of ether oxygens (including phenoxy) is 2. The van der Waals surface area contributed by atoms with Crippen molar-refractivity contribution in [2.75, 3.05) is 7.11 Å². The Bertz CT molecular complexity index is 1300. The van der Waals surface area contributed by atoms with Crippen molar-refractivity contribution in [3.63, 3.8) is 0 Å². The fraction of sp³-hybridized carbons (Fsp3) is 0.217. The van der Waals surface area contributed by atoms with Crippen molar-refractivity contribution in [3.05, 3.63) is 101 Å². The molecule has 0 unspecified atom stereocenters. The van der Waals surface area contributed by atoms with E-state index in [4.69, 9.17) is 9.47 Å². The minimum atomic E-state index is -0.617. The molecule has 4 rings (SSSR count). The second-order valence-electron chi connectivity index (χ2n) is 7.48. The third kappa shape index (κ3) is 4.03. The van der Waals surface area contributed by atoms with Gasteiger partial charge in [0, 0.05) is 17.3 Å². The van der Waals surface area contributed by atoms with Gasteiger partial charge < -0.3 is 19.7 Å². The van der Waals surface area contributed by atoms with Crippen molar-refractivity contribution >= 4 is 15.9 Å². The number of aromatic amines is 4. The minimum Gasteiger partial charge on any atom is -0.493 e. The zero-order chi connectivity index (χ0) is 22.8. The Morgan fingerprint density at radius 1 is 0.906 bits per heavy atom. The fourth-order valence-corrected chi connectivity index (χ4v) is 4.43. The van der Waals surface area contributed by atoms with Crippen LogP contribution in [-0.4, -0.2) is 27.5 Å². The van der Waals surface area contributed by atoms with Gasteiger partial charge in [0.25, 0.3) is 11.1 Å². The van der Waals surface area contributed by atoms with Crippen LogP contribution in [0.25, 0.3) is 0 Å². The lowest BCUT2D eigenvalue weighted by atomic mass is 9.85. The largest absolute Gasteiger partial charge is 0.493 e. The quantitative estimate of drug-likeness (QED) is 0.309. The molecule has 0 aliphatic carbocycles. The van der Waals surface area contributed by atoms with Crippen molar-refractivity contribution < 1.29 is 9.47 Å². The predicted octanol–water partition coefficient (Wildman–Crippen LogP) is 3.87. The van der Waals surface area contributed by atoms with Gasteiger partial charge >= 0.3 is 0 Å². The topological polar surface area (TPSA) is 116 Å². The predicted molar refractivity (Wildman–Crippen MR) is 125 cm³/mol. The lowest BCUT2D eigenvalue weighted by molar-refractivity contribution is 0.282. The molecule has 2 aromatic carbocycles. The van der Waals surface area contributed by atoms with E-state index in [0.29, 0.717) is 50.7 Å².